The average molecular weight is 333 g/mol. The van der Waals surface area contributed by atoms with Crippen LogP contribution in [0, 0.1) is 23.0 Å². The van der Waals surface area contributed by atoms with Crippen molar-refractivity contribution in [3.05, 3.63) is 39.4 Å². The summed E-state index contributed by atoms with van der Waals surface area (Å²) in [4.78, 5) is 27.4. The molecule has 0 aliphatic carbocycles. The van der Waals surface area contributed by atoms with Gasteiger partial charge in [-0.2, -0.15) is 0 Å². The molecule has 0 N–H and O–H groups in total. The van der Waals surface area contributed by atoms with Crippen molar-refractivity contribution < 1.29 is 14.5 Å². The second-order valence-electron chi connectivity index (χ2n) is 6.58. The Morgan fingerprint density at radius 1 is 1.33 bits per heavy atom. The molecule has 0 bridgehead atoms. The van der Waals surface area contributed by atoms with E-state index in [0.29, 0.717) is 24.6 Å². The van der Waals surface area contributed by atoms with Crippen molar-refractivity contribution in [1.82, 2.24) is 9.80 Å². The number of non-ortho nitro benzene ring substituents is 1. The number of carbonyl (C=O) groups excluding carboxylic acids is 1. The Kier molecular flexibility index (Phi) is 5.11. The van der Waals surface area contributed by atoms with Crippen LogP contribution in [0.3, 0.4) is 0 Å². The SMILES string of the molecule is Cc1ccc([N+](=O)[O-])cc1C(=O)N1CCN(CC2CCOC2)CC1. The van der Waals surface area contributed by atoms with Gasteiger partial charge in [0.1, 0.15) is 0 Å². The lowest BCUT2D eigenvalue weighted by molar-refractivity contribution is -0.384. The largest absolute Gasteiger partial charge is 0.381 e. The molecule has 0 aromatic heterocycles. The van der Waals surface area contributed by atoms with Crippen molar-refractivity contribution in [2.75, 3.05) is 45.9 Å². The van der Waals surface area contributed by atoms with Gasteiger partial charge in [-0.25, -0.2) is 0 Å². The van der Waals surface area contributed by atoms with Gasteiger partial charge in [0.05, 0.1) is 11.5 Å². The van der Waals surface area contributed by atoms with E-state index in [4.69, 9.17) is 4.74 Å². The van der Waals surface area contributed by atoms with Gasteiger partial charge >= 0.3 is 0 Å². The van der Waals surface area contributed by atoms with Gasteiger partial charge in [0.2, 0.25) is 0 Å². The van der Waals surface area contributed by atoms with Crippen LogP contribution in [0.4, 0.5) is 5.69 Å². The van der Waals surface area contributed by atoms with Crippen LogP contribution in [0.1, 0.15) is 22.3 Å². The summed E-state index contributed by atoms with van der Waals surface area (Å²) in [5.41, 5.74) is 1.17. The molecule has 7 heteroatoms. The Labute approximate surface area is 141 Å². The second-order valence-corrected chi connectivity index (χ2v) is 6.58. The second kappa shape index (κ2) is 7.27. The summed E-state index contributed by atoms with van der Waals surface area (Å²) < 4.78 is 5.41. The summed E-state index contributed by atoms with van der Waals surface area (Å²) in [5.74, 6) is 0.492. The number of hydrogen-bond donors (Lipinski definition) is 0. The molecule has 0 saturated carbocycles. The number of piperazine rings is 1. The predicted molar refractivity (Wildman–Crippen MR) is 89.1 cm³/mol. The van der Waals surface area contributed by atoms with Crippen molar-refractivity contribution >= 4 is 11.6 Å². The zero-order valence-electron chi connectivity index (χ0n) is 13.9. The highest BCUT2D eigenvalue weighted by Crippen LogP contribution is 2.20. The van der Waals surface area contributed by atoms with Gasteiger partial charge in [0, 0.05) is 57.0 Å². The number of hydrogen-bond acceptors (Lipinski definition) is 5. The first-order chi connectivity index (χ1) is 11.5. The molecule has 2 aliphatic heterocycles. The van der Waals surface area contributed by atoms with Crippen molar-refractivity contribution in [2.24, 2.45) is 5.92 Å². The zero-order chi connectivity index (χ0) is 17.1. The lowest BCUT2D eigenvalue weighted by Gasteiger charge is -2.36. The topological polar surface area (TPSA) is 75.9 Å². The smallest absolute Gasteiger partial charge is 0.270 e. The molecule has 0 spiro atoms. The van der Waals surface area contributed by atoms with Gasteiger partial charge in [-0.1, -0.05) is 6.07 Å². The first-order valence-corrected chi connectivity index (χ1v) is 8.39. The van der Waals surface area contributed by atoms with Crippen LogP contribution >= 0.6 is 0 Å². The number of rotatable bonds is 4. The summed E-state index contributed by atoms with van der Waals surface area (Å²) in [5, 5.41) is 10.9. The maximum Gasteiger partial charge on any atom is 0.270 e. The minimum Gasteiger partial charge on any atom is -0.381 e. The minimum absolute atomic E-state index is 0.0381. The minimum atomic E-state index is -0.460. The van der Waals surface area contributed by atoms with E-state index in [0.717, 1.165) is 44.8 Å². The molecule has 1 unspecified atom stereocenters. The van der Waals surface area contributed by atoms with E-state index < -0.39 is 4.92 Å². The maximum absolute atomic E-state index is 12.7. The molecule has 0 radical (unpaired) electrons. The summed E-state index contributed by atoms with van der Waals surface area (Å²) in [6.45, 7) is 7.54. The summed E-state index contributed by atoms with van der Waals surface area (Å²) >= 11 is 0. The molecule has 7 nitrogen and oxygen atoms in total. The van der Waals surface area contributed by atoms with E-state index >= 15 is 0 Å². The van der Waals surface area contributed by atoms with E-state index in [2.05, 4.69) is 4.90 Å². The summed E-state index contributed by atoms with van der Waals surface area (Å²) in [6.07, 6.45) is 1.12. The fourth-order valence-electron chi connectivity index (χ4n) is 3.35. The van der Waals surface area contributed by atoms with E-state index in [1.54, 1.807) is 11.0 Å². The summed E-state index contributed by atoms with van der Waals surface area (Å²) in [6, 6.07) is 4.47. The van der Waals surface area contributed by atoms with E-state index in [1.165, 1.54) is 12.1 Å². The monoisotopic (exact) mass is 333 g/mol. The number of nitro groups is 1. The predicted octanol–water partition coefficient (Wildman–Crippen LogP) is 1.70. The van der Waals surface area contributed by atoms with Crippen LogP contribution in [0.2, 0.25) is 0 Å². The highest BCUT2D eigenvalue weighted by atomic mass is 16.6. The Morgan fingerprint density at radius 3 is 2.71 bits per heavy atom. The molecule has 3 rings (SSSR count). The fraction of sp³-hybridized carbons (Fsp3) is 0.588. The van der Waals surface area contributed by atoms with Gasteiger partial charge in [0.15, 0.2) is 0 Å². The van der Waals surface area contributed by atoms with Gasteiger partial charge in [-0.15, -0.1) is 0 Å². The molecule has 2 aliphatic rings. The Bertz CT molecular complexity index is 620. The molecule has 2 heterocycles. The van der Waals surface area contributed by atoms with Crippen molar-refractivity contribution in [1.29, 1.82) is 0 Å². The third-order valence-corrected chi connectivity index (χ3v) is 4.86. The molecule has 2 fully saturated rings. The Hall–Kier alpha value is -1.99. The lowest BCUT2D eigenvalue weighted by Crippen LogP contribution is -2.50. The molecule has 2 saturated heterocycles. The number of benzene rings is 1. The standard InChI is InChI=1S/C17H23N3O4/c1-13-2-3-15(20(22)23)10-16(13)17(21)19-7-5-18(6-8-19)11-14-4-9-24-12-14/h2-3,10,14H,4-9,11-12H2,1H3. The molecule has 1 aromatic carbocycles. The van der Waals surface area contributed by atoms with Crippen molar-refractivity contribution in [3.8, 4) is 0 Å². The van der Waals surface area contributed by atoms with Gasteiger partial charge in [0.25, 0.3) is 11.6 Å². The molecule has 24 heavy (non-hydrogen) atoms. The Morgan fingerprint density at radius 2 is 2.08 bits per heavy atom. The number of carbonyl (C=O) groups is 1. The fourth-order valence-corrected chi connectivity index (χ4v) is 3.35. The van der Waals surface area contributed by atoms with Crippen LogP contribution in [0.5, 0.6) is 0 Å². The van der Waals surface area contributed by atoms with Crippen LogP contribution in [0.15, 0.2) is 18.2 Å². The first kappa shape index (κ1) is 16.9. The first-order valence-electron chi connectivity index (χ1n) is 8.39. The van der Waals surface area contributed by atoms with Gasteiger partial charge in [-0.05, 0) is 24.8 Å². The third-order valence-electron chi connectivity index (χ3n) is 4.86. The molecule has 1 atom stereocenters. The van der Waals surface area contributed by atoms with Crippen LogP contribution < -0.4 is 0 Å². The number of aryl methyl sites for hydroxylation is 1. The number of nitrogens with zero attached hydrogens (tertiary/aromatic N) is 3. The Balaban J connectivity index is 1.60. The van der Waals surface area contributed by atoms with Crippen LogP contribution in [-0.2, 0) is 4.74 Å². The zero-order valence-corrected chi connectivity index (χ0v) is 13.9. The highest BCUT2D eigenvalue weighted by molar-refractivity contribution is 5.96. The van der Waals surface area contributed by atoms with Crippen molar-refractivity contribution in [2.45, 2.75) is 13.3 Å². The van der Waals surface area contributed by atoms with E-state index in [1.807, 2.05) is 6.92 Å². The number of ether oxygens (including phenoxy) is 1. The molecular formula is C17H23N3O4. The molecular weight excluding hydrogens is 310 g/mol. The van der Waals surface area contributed by atoms with E-state index in [9.17, 15) is 14.9 Å². The third kappa shape index (κ3) is 3.73. The van der Waals surface area contributed by atoms with Crippen LogP contribution in [-0.4, -0.2) is 66.6 Å². The number of nitro benzene ring substituents is 1. The molecule has 1 aromatic rings. The molecule has 1 amide bonds. The lowest BCUT2D eigenvalue weighted by atomic mass is 10.1. The maximum atomic E-state index is 12.7. The van der Waals surface area contributed by atoms with Crippen LogP contribution in [0.25, 0.3) is 0 Å². The van der Waals surface area contributed by atoms with Crippen molar-refractivity contribution in [3.63, 3.8) is 0 Å². The van der Waals surface area contributed by atoms with E-state index in [-0.39, 0.29) is 11.6 Å². The quantitative estimate of drug-likeness (QED) is 0.619. The summed E-state index contributed by atoms with van der Waals surface area (Å²) in [7, 11) is 0. The molecule has 130 valence electrons. The normalized spacial score (nSPS) is 21.9. The van der Waals surface area contributed by atoms with Gasteiger partial charge in [-0.3, -0.25) is 19.8 Å². The highest BCUT2D eigenvalue weighted by Gasteiger charge is 2.26. The van der Waals surface area contributed by atoms with Gasteiger partial charge < -0.3 is 9.64 Å². The average Bonchev–Trinajstić information content (AvgIpc) is 3.08. The number of amides is 1.